The number of nitrogens with zero attached hydrogens (tertiary/aromatic N) is 3. The molecule has 2 aromatic heterocycles. The van der Waals surface area contributed by atoms with E-state index in [9.17, 15) is 8.42 Å². The van der Waals surface area contributed by atoms with E-state index in [1.807, 2.05) is 30.0 Å². The Bertz CT molecular complexity index is 1260. The van der Waals surface area contributed by atoms with Gasteiger partial charge in [-0.05, 0) is 43.5 Å². The molecular weight excluding hydrogens is 476 g/mol. The SMILES string of the molecule is CN(c1cccc2cc(C3=NCC(C)(CCN4CCOCC4)S3)[nH]c12)S(=O)(=O)c1cccs1. The molecule has 1 N–H and O–H groups in total. The fourth-order valence-electron chi connectivity index (χ4n) is 4.22. The molecule has 1 aromatic carbocycles. The van der Waals surface area contributed by atoms with Gasteiger partial charge in [-0.1, -0.05) is 30.0 Å². The average molecular weight is 505 g/mol. The number of ether oxygens (including phenoxy) is 1. The minimum absolute atomic E-state index is 0.0626. The first-order valence-corrected chi connectivity index (χ1v) is 14.2. The van der Waals surface area contributed by atoms with Gasteiger partial charge in [0.2, 0.25) is 0 Å². The van der Waals surface area contributed by atoms with E-state index in [0.29, 0.717) is 9.90 Å². The van der Waals surface area contributed by atoms with Gasteiger partial charge in [-0.3, -0.25) is 14.2 Å². The van der Waals surface area contributed by atoms with Crippen LogP contribution in [0.2, 0.25) is 0 Å². The molecule has 3 aromatic rings. The Hall–Kier alpha value is -1.85. The van der Waals surface area contributed by atoms with Crippen molar-refractivity contribution in [3.05, 3.63) is 47.5 Å². The highest BCUT2D eigenvalue weighted by molar-refractivity contribution is 8.15. The summed E-state index contributed by atoms with van der Waals surface area (Å²) in [7, 11) is -2.00. The summed E-state index contributed by atoms with van der Waals surface area (Å²) in [6, 6.07) is 11.2. The standard InChI is InChI=1S/C23H28N4O3S3/c1-23(8-9-27-10-12-30-13-11-27)16-24-22(32-23)18-15-17-5-3-6-19(21(17)25-18)26(2)33(28,29)20-7-4-14-31-20/h3-7,14-15,25H,8-13,16H2,1-2H3. The van der Waals surface area contributed by atoms with Crippen molar-refractivity contribution in [3.63, 3.8) is 0 Å². The number of sulfonamides is 1. The summed E-state index contributed by atoms with van der Waals surface area (Å²) >= 11 is 3.04. The van der Waals surface area contributed by atoms with Crippen LogP contribution >= 0.6 is 23.1 Å². The second kappa shape index (κ2) is 9.07. The van der Waals surface area contributed by atoms with Gasteiger partial charge in [0.05, 0.1) is 36.7 Å². The zero-order valence-corrected chi connectivity index (χ0v) is 21.2. The van der Waals surface area contributed by atoms with Gasteiger partial charge < -0.3 is 9.72 Å². The predicted octanol–water partition coefficient (Wildman–Crippen LogP) is 4.03. The molecule has 0 aliphatic carbocycles. The van der Waals surface area contributed by atoms with E-state index in [-0.39, 0.29) is 4.75 Å². The van der Waals surface area contributed by atoms with Crippen molar-refractivity contribution in [3.8, 4) is 0 Å². The number of nitrogens with one attached hydrogen (secondary N) is 1. The third kappa shape index (κ3) is 4.59. The average Bonchev–Trinajstić information content (AvgIpc) is 3.57. The summed E-state index contributed by atoms with van der Waals surface area (Å²) in [5.41, 5.74) is 2.38. The third-order valence-electron chi connectivity index (χ3n) is 6.27. The number of morpholine rings is 1. The smallest absolute Gasteiger partial charge is 0.273 e. The molecule has 7 nitrogen and oxygen atoms in total. The van der Waals surface area contributed by atoms with Gasteiger partial charge in [0.1, 0.15) is 9.25 Å². The van der Waals surface area contributed by atoms with Crippen LogP contribution < -0.4 is 4.31 Å². The highest BCUT2D eigenvalue weighted by atomic mass is 32.2. The molecule has 0 amide bonds. The van der Waals surface area contributed by atoms with E-state index in [1.54, 1.807) is 24.6 Å². The number of thiophene rings is 1. The topological polar surface area (TPSA) is 78.0 Å². The maximum absolute atomic E-state index is 13.1. The van der Waals surface area contributed by atoms with E-state index < -0.39 is 10.0 Å². The monoisotopic (exact) mass is 504 g/mol. The highest BCUT2D eigenvalue weighted by Gasteiger charge is 2.34. The number of hydrogen-bond acceptors (Lipinski definition) is 7. The van der Waals surface area contributed by atoms with Crippen molar-refractivity contribution < 1.29 is 13.2 Å². The lowest BCUT2D eigenvalue weighted by Crippen LogP contribution is -2.39. The fourth-order valence-corrected chi connectivity index (χ4v) is 7.73. The zero-order valence-electron chi connectivity index (χ0n) is 18.8. The number of para-hydroxylation sites is 1. The Labute approximate surface area is 202 Å². The van der Waals surface area contributed by atoms with Gasteiger partial charge in [-0.15, -0.1) is 11.3 Å². The molecule has 2 aliphatic heterocycles. The second-order valence-electron chi connectivity index (χ2n) is 8.71. The van der Waals surface area contributed by atoms with Crippen LogP contribution in [-0.4, -0.2) is 74.5 Å². The van der Waals surface area contributed by atoms with Crippen molar-refractivity contribution in [1.29, 1.82) is 0 Å². The van der Waals surface area contributed by atoms with Gasteiger partial charge in [0.25, 0.3) is 10.0 Å². The van der Waals surface area contributed by atoms with Gasteiger partial charge in [0, 0.05) is 30.3 Å². The Balaban J connectivity index is 1.35. The molecule has 2 aliphatic rings. The summed E-state index contributed by atoms with van der Waals surface area (Å²) in [4.78, 5) is 10.8. The van der Waals surface area contributed by atoms with Crippen LogP contribution in [0.25, 0.3) is 10.9 Å². The summed E-state index contributed by atoms with van der Waals surface area (Å²) in [6.45, 7) is 7.76. The van der Waals surface area contributed by atoms with Crippen molar-refractivity contribution in [1.82, 2.24) is 9.88 Å². The van der Waals surface area contributed by atoms with Crippen molar-refractivity contribution >= 4 is 54.8 Å². The van der Waals surface area contributed by atoms with Crippen LogP contribution in [0.15, 0.2) is 51.0 Å². The molecule has 176 valence electrons. The number of aromatic amines is 1. The molecule has 1 atom stereocenters. The first kappa shape index (κ1) is 22.9. The Morgan fingerprint density at radius 2 is 2.06 bits per heavy atom. The summed E-state index contributed by atoms with van der Waals surface area (Å²) in [5, 5.41) is 3.74. The molecule has 5 rings (SSSR count). The molecular formula is C23H28N4O3S3. The Morgan fingerprint density at radius 1 is 1.24 bits per heavy atom. The normalized spacial score (nSPS) is 22.1. The molecule has 4 heterocycles. The fraction of sp³-hybridized carbons (Fsp3) is 0.435. The highest BCUT2D eigenvalue weighted by Crippen LogP contribution is 2.39. The van der Waals surface area contributed by atoms with Crippen molar-refractivity contribution in [2.75, 3.05) is 50.7 Å². The van der Waals surface area contributed by atoms with Crippen molar-refractivity contribution in [2.24, 2.45) is 4.99 Å². The van der Waals surface area contributed by atoms with Crippen LogP contribution in [-0.2, 0) is 14.8 Å². The molecule has 1 fully saturated rings. The minimum atomic E-state index is -3.60. The number of thioether (sulfide) groups is 1. The number of H-pyrrole nitrogens is 1. The van der Waals surface area contributed by atoms with Gasteiger partial charge in [0.15, 0.2) is 0 Å². The summed E-state index contributed by atoms with van der Waals surface area (Å²) in [6.07, 6.45) is 1.07. The van der Waals surface area contributed by atoms with E-state index in [1.165, 1.54) is 15.6 Å². The van der Waals surface area contributed by atoms with Crippen LogP contribution in [0, 0.1) is 0 Å². The summed E-state index contributed by atoms with van der Waals surface area (Å²) < 4.78 is 33.4. The van der Waals surface area contributed by atoms with E-state index in [4.69, 9.17) is 9.73 Å². The number of benzene rings is 1. The van der Waals surface area contributed by atoms with E-state index >= 15 is 0 Å². The molecule has 0 spiro atoms. The number of anilines is 1. The van der Waals surface area contributed by atoms with Gasteiger partial charge in [-0.2, -0.15) is 0 Å². The predicted molar refractivity (Wildman–Crippen MR) is 137 cm³/mol. The summed E-state index contributed by atoms with van der Waals surface area (Å²) in [5.74, 6) is 0. The molecule has 1 unspecified atom stereocenters. The maximum atomic E-state index is 13.1. The number of fused-ring (bicyclic) bond motifs is 1. The third-order valence-corrected chi connectivity index (χ3v) is 10.8. The molecule has 1 saturated heterocycles. The number of aromatic nitrogens is 1. The van der Waals surface area contributed by atoms with Gasteiger partial charge in [-0.25, -0.2) is 8.42 Å². The lowest BCUT2D eigenvalue weighted by molar-refractivity contribution is 0.0365. The zero-order chi connectivity index (χ0) is 23.1. The number of hydrogen-bond donors (Lipinski definition) is 1. The first-order valence-electron chi connectivity index (χ1n) is 11.0. The van der Waals surface area contributed by atoms with E-state index in [2.05, 4.69) is 22.9 Å². The lowest BCUT2D eigenvalue weighted by Gasteiger charge is -2.30. The largest absolute Gasteiger partial charge is 0.379 e. The Morgan fingerprint density at radius 3 is 2.82 bits per heavy atom. The second-order valence-corrected chi connectivity index (χ2v) is 13.4. The van der Waals surface area contributed by atoms with Crippen LogP contribution in [0.1, 0.15) is 19.0 Å². The quantitative estimate of drug-likeness (QED) is 0.526. The van der Waals surface area contributed by atoms with Crippen LogP contribution in [0.5, 0.6) is 0 Å². The van der Waals surface area contributed by atoms with Crippen LogP contribution in [0.4, 0.5) is 5.69 Å². The number of aliphatic imine (C=N–C) groups is 1. The van der Waals surface area contributed by atoms with Crippen LogP contribution in [0.3, 0.4) is 0 Å². The van der Waals surface area contributed by atoms with Crippen molar-refractivity contribution in [2.45, 2.75) is 22.3 Å². The minimum Gasteiger partial charge on any atom is -0.379 e. The maximum Gasteiger partial charge on any atom is 0.273 e. The molecule has 10 heteroatoms. The molecule has 0 radical (unpaired) electrons. The Kier molecular flexibility index (Phi) is 6.30. The number of rotatable bonds is 7. The molecule has 33 heavy (non-hydrogen) atoms. The molecule has 0 bridgehead atoms. The lowest BCUT2D eigenvalue weighted by atomic mass is 10.1. The molecule has 0 saturated carbocycles. The van der Waals surface area contributed by atoms with Gasteiger partial charge >= 0.3 is 0 Å². The first-order chi connectivity index (χ1) is 15.9. The van der Waals surface area contributed by atoms with E-state index in [0.717, 1.165) is 67.5 Å².